The van der Waals surface area contributed by atoms with E-state index in [1.54, 1.807) is 51.1 Å². The van der Waals surface area contributed by atoms with E-state index in [1.807, 2.05) is 0 Å². The zero-order chi connectivity index (χ0) is 17.0. The molecule has 0 radical (unpaired) electrons. The molecule has 0 aromatic heterocycles. The van der Waals surface area contributed by atoms with Gasteiger partial charge in [0.15, 0.2) is 5.60 Å². The Labute approximate surface area is 130 Å². The average Bonchev–Trinajstić information content (AvgIpc) is 2.42. The van der Waals surface area contributed by atoms with E-state index in [-0.39, 0.29) is 0 Å². The van der Waals surface area contributed by atoms with Gasteiger partial charge in [0, 0.05) is 0 Å². The van der Waals surface area contributed by atoms with Gasteiger partial charge in [-0.15, -0.1) is 0 Å². The van der Waals surface area contributed by atoms with Crippen molar-refractivity contribution in [1.29, 1.82) is 0 Å². The minimum atomic E-state index is -1.94. The molecule has 0 fully saturated rings. The molecule has 0 aliphatic rings. The predicted octanol–water partition coefficient (Wildman–Crippen LogP) is 2.18. The Morgan fingerprint density at radius 1 is 1.14 bits per heavy atom. The number of hydrogen-bond donors (Lipinski definition) is 2. The smallest absolute Gasteiger partial charge is 0.408 e. The van der Waals surface area contributed by atoms with E-state index in [0.29, 0.717) is 5.56 Å². The number of methoxy groups -OCH3 is 1. The van der Waals surface area contributed by atoms with Crippen LogP contribution in [0.3, 0.4) is 0 Å². The number of alkyl carbamates (subject to hydrolysis) is 1. The first-order chi connectivity index (χ1) is 10.1. The quantitative estimate of drug-likeness (QED) is 0.833. The summed E-state index contributed by atoms with van der Waals surface area (Å²) in [5.41, 5.74) is -2.07. The molecule has 1 amide bonds. The molecule has 1 aromatic carbocycles. The molecule has 0 bridgehead atoms. The van der Waals surface area contributed by atoms with E-state index in [0.717, 1.165) is 0 Å². The number of carbonyl (C=O) groups is 2. The standard InChI is InChI=1S/C16H23NO5/c1-15(2,3)22-14(19)17-12(11-9-7-6-8-10-11)16(4,20)13(18)21-5/h6-10,12,20H,1-5H3,(H,17,19)/t12-,16-/m1/s1. The Balaban J connectivity index is 3.08. The van der Waals surface area contributed by atoms with Gasteiger partial charge in [0.25, 0.3) is 0 Å². The maximum Gasteiger partial charge on any atom is 0.408 e. The van der Waals surface area contributed by atoms with E-state index in [9.17, 15) is 14.7 Å². The lowest BCUT2D eigenvalue weighted by Gasteiger charge is -2.32. The molecule has 0 heterocycles. The Morgan fingerprint density at radius 3 is 2.14 bits per heavy atom. The van der Waals surface area contributed by atoms with Crippen LogP contribution in [-0.4, -0.2) is 35.5 Å². The van der Waals surface area contributed by atoms with Crippen molar-refractivity contribution in [3.05, 3.63) is 35.9 Å². The number of amides is 1. The molecule has 6 heteroatoms. The van der Waals surface area contributed by atoms with E-state index < -0.39 is 29.3 Å². The van der Waals surface area contributed by atoms with Gasteiger partial charge in [-0.05, 0) is 33.3 Å². The average molecular weight is 309 g/mol. The van der Waals surface area contributed by atoms with Crippen molar-refractivity contribution in [2.24, 2.45) is 0 Å². The van der Waals surface area contributed by atoms with E-state index >= 15 is 0 Å². The number of benzene rings is 1. The SMILES string of the molecule is COC(=O)[C@](C)(O)[C@H](NC(=O)OC(C)(C)C)c1ccccc1. The largest absolute Gasteiger partial charge is 0.467 e. The normalized spacial score (nSPS) is 15.4. The molecule has 6 nitrogen and oxygen atoms in total. The molecule has 0 saturated carbocycles. The third kappa shape index (κ3) is 4.73. The zero-order valence-corrected chi connectivity index (χ0v) is 13.5. The molecule has 1 rings (SSSR count). The number of carbonyl (C=O) groups excluding carboxylic acids is 2. The summed E-state index contributed by atoms with van der Waals surface area (Å²) < 4.78 is 9.80. The van der Waals surface area contributed by atoms with Crippen molar-refractivity contribution in [1.82, 2.24) is 5.32 Å². The van der Waals surface area contributed by atoms with Crippen LogP contribution in [0.5, 0.6) is 0 Å². The molecular formula is C16H23NO5. The lowest BCUT2D eigenvalue weighted by atomic mass is 9.90. The number of nitrogens with one attached hydrogen (secondary N) is 1. The van der Waals surface area contributed by atoms with Crippen molar-refractivity contribution in [3.63, 3.8) is 0 Å². The van der Waals surface area contributed by atoms with Crippen LogP contribution in [0.15, 0.2) is 30.3 Å². The second kappa shape index (κ2) is 6.79. The monoisotopic (exact) mass is 309 g/mol. The summed E-state index contributed by atoms with van der Waals surface area (Å²) in [6.07, 6.45) is -0.731. The minimum Gasteiger partial charge on any atom is -0.467 e. The summed E-state index contributed by atoms with van der Waals surface area (Å²) in [7, 11) is 1.17. The highest BCUT2D eigenvalue weighted by Gasteiger charge is 2.43. The Morgan fingerprint density at radius 2 is 1.68 bits per heavy atom. The van der Waals surface area contributed by atoms with Crippen LogP contribution >= 0.6 is 0 Å². The summed E-state index contributed by atoms with van der Waals surface area (Å²) in [6.45, 7) is 6.46. The van der Waals surface area contributed by atoms with Crippen molar-refractivity contribution >= 4 is 12.1 Å². The predicted molar refractivity (Wildman–Crippen MR) is 81.2 cm³/mol. The topological polar surface area (TPSA) is 84.9 Å². The van der Waals surface area contributed by atoms with Gasteiger partial charge in [-0.3, -0.25) is 0 Å². The van der Waals surface area contributed by atoms with Gasteiger partial charge in [0.1, 0.15) is 5.60 Å². The number of esters is 1. The number of rotatable bonds is 4. The second-order valence-corrected chi connectivity index (χ2v) is 6.13. The van der Waals surface area contributed by atoms with Gasteiger partial charge < -0.3 is 19.9 Å². The molecular weight excluding hydrogens is 286 g/mol. The minimum absolute atomic E-state index is 0.559. The lowest BCUT2D eigenvalue weighted by Crippen LogP contribution is -2.50. The van der Waals surface area contributed by atoms with Gasteiger partial charge in [0.05, 0.1) is 13.2 Å². The van der Waals surface area contributed by atoms with E-state index in [4.69, 9.17) is 4.74 Å². The number of hydrogen-bond acceptors (Lipinski definition) is 5. The molecule has 1 aromatic rings. The van der Waals surface area contributed by atoms with Gasteiger partial charge in [0.2, 0.25) is 0 Å². The molecule has 122 valence electrons. The van der Waals surface area contributed by atoms with Gasteiger partial charge in [-0.25, -0.2) is 9.59 Å². The molecule has 0 aliphatic heterocycles. The lowest BCUT2D eigenvalue weighted by molar-refractivity contribution is -0.163. The Bertz CT molecular complexity index is 519. The van der Waals surface area contributed by atoms with Gasteiger partial charge >= 0.3 is 12.1 Å². The fourth-order valence-corrected chi connectivity index (χ4v) is 1.94. The van der Waals surface area contributed by atoms with Crippen LogP contribution in [0.1, 0.15) is 39.3 Å². The highest BCUT2D eigenvalue weighted by atomic mass is 16.6. The van der Waals surface area contributed by atoms with E-state index in [2.05, 4.69) is 10.1 Å². The van der Waals surface area contributed by atoms with Crippen LogP contribution in [0.4, 0.5) is 4.79 Å². The third-order valence-corrected chi connectivity index (χ3v) is 2.95. The highest BCUT2D eigenvalue weighted by Crippen LogP contribution is 2.27. The fourth-order valence-electron chi connectivity index (χ4n) is 1.94. The van der Waals surface area contributed by atoms with Crippen molar-refractivity contribution < 1.29 is 24.2 Å². The maximum atomic E-state index is 12.0. The van der Waals surface area contributed by atoms with Crippen molar-refractivity contribution in [2.45, 2.75) is 44.9 Å². The second-order valence-electron chi connectivity index (χ2n) is 6.13. The van der Waals surface area contributed by atoms with Gasteiger partial charge in [-0.1, -0.05) is 30.3 Å². The molecule has 0 saturated heterocycles. The van der Waals surface area contributed by atoms with E-state index in [1.165, 1.54) is 14.0 Å². The van der Waals surface area contributed by atoms with Crippen LogP contribution in [0.25, 0.3) is 0 Å². The molecule has 0 spiro atoms. The summed E-state index contributed by atoms with van der Waals surface area (Å²) in [6, 6.07) is 7.66. The molecule has 0 aliphatic carbocycles. The molecule has 2 N–H and O–H groups in total. The van der Waals surface area contributed by atoms with Crippen molar-refractivity contribution in [2.75, 3.05) is 7.11 Å². The highest BCUT2D eigenvalue weighted by molar-refractivity contribution is 5.81. The van der Waals surface area contributed by atoms with Crippen LogP contribution in [0.2, 0.25) is 0 Å². The van der Waals surface area contributed by atoms with Crippen LogP contribution < -0.4 is 5.32 Å². The number of aliphatic hydroxyl groups is 1. The summed E-state index contributed by atoms with van der Waals surface area (Å²) in [5, 5.41) is 13.0. The third-order valence-electron chi connectivity index (χ3n) is 2.95. The fraction of sp³-hybridized carbons (Fsp3) is 0.500. The van der Waals surface area contributed by atoms with Gasteiger partial charge in [-0.2, -0.15) is 0 Å². The molecule has 0 unspecified atom stereocenters. The van der Waals surface area contributed by atoms with Crippen LogP contribution in [0, 0.1) is 0 Å². The van der Waals surface area contributed by atoms with Crippen LogP contribution in [-0.2, 0) is 14.3 Å². The van der Waals surface area contributed by atoms with Crippen molar-refractivity contribution in [3.8, 4) is 0 Å². The summed E-state index contributed by atoms with van der Waals surface area (Å²) in [4.78, 5) is 23.9. The first-order valence-electron chi connectivity index (χ1n) is 6.93. The number of ether oxygens (including phenoxy) is 2. The first-order valence-corrected chi connectivity index (χ1v) is 6.93. The Hall–Kier alpha value is -2.08. The maximum absolute atomic E-state index is 12.0. The Kier molecular flexibility index (Phi) is 5.54. The summed E-state index contributed by atoms with van der Waals surface area (Å²) >= 11 is 0. The first kappa shape index (κ1) is 18.0. The molecule has 2 atom stereocenters. The molecule has 22 heavy (non-hydrogen) atoms. The summed E-state index contributed by atoms with van der Waals surface area (Å²) in [5.74, 6) is -0.850. The zero-order valence-electron chi connectivity index (χ0n) is 13.5.